The van der Waals surface area contributed by atoms with Gasteiger partial charge >= 0.3 is 0 Å². The second-order valence-electron chi connectivity index (χ2n) is 12.1. The molecule has 48 heavy (non-hydrogen) atoms. The van der Waals surface area contributed by atoms with Gasteiger partial charge in [-0.25, -0.2) is 0 Å². The van der Waals surface area contributed by atoms with Gasteiger partial charge in [-0.15, -0.1) is 11.3 Å². The summed E-state index contributed by atoms with van der Waals surface area (Å²) in [6, 6.07) is 53.9. The number of benzene rings is 7. The van der Waals surface area contributed by atoms with Crippen molar-refractivity contribution < 1.29 is 0 Å². The molecule has 3 nitrogen and oxygen atoms in total. The van der Waals surface area contributed by atoms with Crippen molar-refractivity contribution in [2.24, 2.45) is 0 Å². The van der Waals surface area contributed by atoms with E-state index in [1.807, 2.05) is 17.4 Å². The van der Waals surface area contributed by atoms with Gasteiger partial charge in [0.05, 0.1) is 17.1 Å². The fourth-order valence-electron chi connectivity index (χ4n) is 7.04. The lowest BCUT2D eigenvalue weighted by Gasteiger charge is -2.29. The van der Waals surface area contributed by atoms with Gasteiger partial charge in [-0.2, -0.15) is 0 Å². The molecule has 0 radical (unpaired) electrons. The number of nitrogens with zero attached hydrogens (tertiary/aromatic N) is 1. The van der Waals surface area contributed by atoms with Crippen LogP contribution in [-0.2, 0) is 0 Å². The average Bonchev–Trinajstić information content (AvgIpc) is 3.51. The molecule has 0 fully saturated rings. The molecule has 0 spiro atoms. The third kappa shape index (κ3) is 4.57. The highest BCUT2D eigenvalue weighted by Gasteiger charge is 2.22. The van der Waals surface area contributed by atoms with Crippen molar-refractivity contribution in [3.63, 3.8) is 0 Å². The molecule has 9 rings (SSSR count). The standard InChI is InChI=1S/C44H29N3S/c45-39-25-21-30-19-18-29-20-22-31(26-38(29)43(30)44(39)46)47(32-23-24-37-36-15-7-9-17-41(36)48-42(37)27-32)40-16-8-6-14-35(40)34-13-5-4-12-33(34)28-10-2-1-3-11-28/h1-27,45-46H. The smallest absolute Gasteiger partial charge is 0.0873 e. The van der Waals surface area contributed by atoms with Gasteiger partial charge < -0.3 is 4.90 Å². The van der Waals surface area contributed by atoms with Crippen molar-refractivity contribution in [1.29, 1.82) is 10.8 Å². The molecule has 0 saturated carbocycles. The highest BCUT2D eigenvalue weighted by molar-refractivity contribution is 7.25. The Morgan fingerprint density at radius 1 is 0.479 bits per heavy atom. The molecule has 0 amide bonds. The third-order valence-corrected chi connectivity index (χ3v) is 10.4. The summed E-state index contributed by atoms with van der Waals surface area (Å²) in [5.41, 5.74) is 10.0. The first kappa shape index (κ1) is 28.1. The van der Waals surface area contributed by atoms with E-state index in [9.17, 15) is 0 Å². The Kier molecular flexibility index (Phi) is 6.63. The van der Waals surface area contributed by atoms with Crippen molar-refractivity contribution in [3.05, 3.63) is 169 Å². The van der Waals surface area contributed by atoms with Crippen LogP contribution in [0.15, 0.2) is 158 Å². The molecule has 226 valence electrons. The van der Waals surface area contributed by atoms with Crippen LogP contribution in [0.3, 0.4) is 0 Å². The molecular weight excluding hydrogens is 603 g/mol. The van der Waals surface area contributed by atoms with Crippen LogP contribution in [0.1, 0.15) is 11.1 Å². The first-order chi connectivity index (χ1) is 23.6. The van der Waals surface area contributed by atoms with Crippen LogP contribution < -0.4 is 4.90 Å². The van der Waals surface area contributed by atoms with Gasteiger partial charge in [0.25, 0.3) is 0 Å². The maximum absolute atomic E-state index is 8.87. The number of hydrogen-bond donors (Lipinski definition) is 2. The normalized spacial score (nSPS) is 12.6. The van der Waals surface area contributed by atoms with Gasteiger partial charge in [-0.1, -0.05) is 121 Å². The van der Waals surface area contributed by atoms with Crippen molar-refractivity contribution in [3.8, 4) is 22.3 Å². The second kappa shape index (κ2) is 11.3. The van der Waals surface area contributed by atoms with Crippen LogP contribution in [0.4, 0.5) is 17.1 Å². The molecule has 0 bridgehead atoms. The molecule has 1 aliphatic rings. The molecule has 7 aromatic carbocycles. The van der Waals surface area contributed by atoms with Crippen LogP contribution in [0.2, 0.25) is 0 Å². The Hall–Kier alpha value is -6.10. The van der Waals surface area contributed by atoms with Crippen LogP contribution in [0.5, 0.6) is 0 Å². The van der Waals surface area contributed by atoms with E-state index >= 15 is 0 Å². The lowest BCUT2D eigenvalue weighted by atomic mass is 9.89. The maximum Gasteiger partial charge on any atom is 0.0873 e. The molecule has 0 atom stereocenters. The van der Waals surface area contributed by atoms with Crippen LogP contribution >= 0.6 is 11.3 Å². The Morgan fingerprint density at radius 3 is 2.02 bits per heavy atom. The Labute approximate surface area is 282 Å². The van der Waals surface area contributed by atoms with Crippen LogP contribution in [0.25, 0.3) is 59.3 Å². The van der Waals surface area contributed by atoms with Crippen molar-refractivity contribution in [2.45, 2.75) is 0 Å². The van der Waals surface area contributed by atoms with E-state index in [1.54, 1.807) is 6.08 Å². The summed E-state index contributed by atoms with van der Waals surface area (Å²) in [4.78, 5) is 2.35. The number of anilines is 3. The number of rotatable bonds is 5. The zero-order valence-corrected chi connectivity index (χ0v) is 26.8. The summed E-state index contributed by atoms with van der Waals surface area (Å²) in [5, 5.41) is 21.9. The van der Waals surface area contributed by atoms with E-state index in [1.165, 1.54) is 31.3 Å². The Morgan fingerprint density at radius 2 is 1.15 bits per heavy atom. The van der Waals surface area contributed by atoms with E-state index in [2.05, 4.69) is 157 Å². The number of hydrogen-bond acceptors (Lipinski definition) is 4. The highest BCUT2D eigenvalue weighted by Crippen LogP contribution is 2.46. The van der Waals surface area contributed by atoms with Gasteiger partial charge in [0, 0.05) is 42.7 Å². The highest BCUT2D eigenvalue weighted by atomic mass is 32.1. The van der Waals surface area contributed by atoms with Crippen molar-refractivity contribution >= 4 is 76.8 Å². The summed E-state index contributed by atoms with van der Waals surface area (Å²) in [5.74, 6) is 0. The van der Waals surface area contributed by atoms with Crippen LogP contribution in [-0.4, -0.2) is 11.4 Å². The quantitative estimate of drug-likeness (QED) is 0.195. The predicted octanol–water partition coefficient (Wildman–Crippen LogP) is 12.4. The molecule has 4 heteroatoms. The van der Waals surface area contributed by atoms with E-state index in [-0.39, 0.29) is 11.4 Å². The Balaban J connectivity index is 1.31. The monoisotopic (exact) mass is 631 g/mol. The zero-order valence-electron chi connectivity index (χ0n) is 25.9. The molecular formula is C44H29N3S. The second-order valence-corrected chi connectivity index (χ2v) is 13.2. The maximum atomic E-state index is 8.87. The van der Waals surface area contributed by atoms with Gasteiger partial charge in [0.15, 0.2) is 0 Å². The molecule has 1 aromatic heterocycles. The van der Waals surface area contributed by atoms with Gasteiger partial charge in [0.2, 0.25) is 0 Å². The average molecular weight is 632 g/mol. The lowest BCUT2D eigenvalue weighted by Crippen LogP contribution is -2.16. The van der Waals surface area contributed by atoms with E-state index in [0.29, 0.717) is 0 Å². The molecule has 2 N–H and O–H groups in total. The minimum absolute atomic E-state index is 0.232. The number of fused-ring (bicyclic) bond motifs is 6. The minimum atomic E-state index is 0.232. The van der Waals surface area contributed by atoms with Gasteiger partial charge in [0.1, 0.15) is 0 Å². The summed E-state index contributed by atoms with van der Waals surface area (Å²) < 4.78 is 2.51. The van der Waals surface area contributed by atoms with Gasteiger partial charge in [-0.05, 0) is 75.5 Å². The molecule has 0 aliphatic heterocycles. The van der Waals surface area contributed by atoms with E-state index in [0.717, 1.165) is 50.1 Å². The van der Waals surface area contributed by atoms with Gasteiger partial charge in [-0.3, -0.25) is 10.8 Å². The van der Waals surface area contributed by atoms with Crippen molar-refractivity contribution in [1.82, 2.24) is 0 Å². The number of nitrogens with one attached hydrogen (secondary N) is 2. The summed E-state index contributed by atoms with van der Waals surface area (Å²) in [6.07, 6.45) is 3.66. The summed E-state index contributed by atoms with van der Waals surface area (Å²) >= 11 is 1.82. The molecule has 1 aliphatic carbocycles. The molecule has 8 aromatic rings. The first-order valence-corrected chi connectivity index (χ1v) is 16.8. The minimum Gasteiger partial charge on any atom is -0.310 e. The summed E-state index contributed by atoms with van der Waals surface area (Å²) in [6.45, 7) is 0. The molecule has 1 heterocycles. The van der Waals surface area contributed by atoms with E-state index < -0.39 is 0 Å². The predicted molar refractivity (Wildman–Crippen MR) is 206 cm³/mol. The van der Waals surface area contributed by atoms with Crippen LogP contribution in [0, 0.1) is 10.8 Å². The SMILES string of the molecule is N=C1C=Cc2ccc3ccc(N(c4ccc5c(c4)sc4ccccc45)c4ccccc4-c4ccccc4-c4ccccc4)cc3c2C1=N. The lowest BCUT2D eigenvalue weighted by molar-refractivity contribution is 1.29. The number of allylic oxidation sites excluding steroid dienone is 1. The fraction of sp³-hybridized carbons (Fsp3) is 0. The molecule has 0 unspecified atom stereocenters. The number of thiophene rings is 1. The Bertz CT molecular complexity index is 2610. The fourth-order valence-corrected chi connectivity index (χ4v) is 8.18. The largest absolute Gasteiger partial charge is 0.310 e. The van der Waals surface area contributed by atoms with Crippen molar-refractivity contribution in [2.75, 3.05) is 4.90 Å². The third-order valence-electron chi connectivity index (χ3n) is 9.31. The number of para-hydroxylation sites is 1. The summed E-state index contributed by atoms with van der Waals surface area (Å²) in [7, 11) is 0. The molecule has 0 saturated heterocycles. The topological polar surface area (TPSA) is 50.9 Å². The van der Waals surface area contributed by atoms with E-state index in [4.69, 9.17) is 10.8 Å². The first-order valence-electron chi connectivity index (χ1n) is 16.0. The zero-order chi connectivity index (χ0) is 32.2.